The van der Waals surface area contributed by atoms with Crippen LogP contribution in [0.2, 0.25) is 0 Å². The molecule has 8 heteroatoms. The lowest BCUT2D eigenvalue weighted by atomic mass is 10.0. The molecule has 0 amide bonds. The number of hydrogen-bond acceptors (Lipinski definition) is 4. The van der Waals surface area contributed by atoms with Crippen molar-refractivity contribution in [2.24, 2.45) is 10.7 Å². The minimum atomic E-state index is -0.352. The van der Waals surface area contributed by atoms with Gasteiger partial charge in [0.15, 0.2) is 5.96 Å². The number of nitriles is 1. The van der Waals surface area contributed by atoms with E-state index in [0.29, 0.717) is 48.2 Å². The summed E-state index contributed by atoms with van der Waals surface area (Å²) in [5, 5.41) is 17.0. The first kappa shape index (κ1) is 21.8. The predicted molar refractivity (Wildman–Crippen MR) is 122 cm³/mol. The van der Waals surface area contributed by atoms with Crippen LogP contribution >= 0.6 is 0 Å². The van der Waals surface area contributed by atoms with Crippen LogP contribution in [0.4, 0.5) is 15.9 Å². The lowest BCUT2D eigenvalue weighted by Crippen LogP contribution is -2.23. The fraction of sp³-hybridized carbons (Fsp3) is 0.261. The summed E-state index contributed by atoms with van der Waals surface area (Å²) in [4.78, 5) is 4.35. The van der Waals surface area contributed by atoms with Crippen LogP contribution in [-0.2, 0) is 6.42 Å². The average Bonchev–Trinajstić information content (AvgIpc) is 3.07. The molecule has 3 aromatic rings. The van der Waals surface area contributed by atoms with Crippen LogP contribution < -0.4 is 16.8 Å². The second-order valence-corrected chi connectivity index (χ2v) is 7.48. The molecule has 1 aromatic heterocycles. The molecule has 0 saturated carbocycles. The van der Waals surface area contributed by atoms with Gasteiger partial charge in [0, 0.05) is 12.2 Å². The molecule has 0 spiro atoms. The van der Waals surface area contributed by atoms with E-state index in [9.17, 15) is 9.65 Å². The summed E-state index contributed by atoms with van der Waals surface area (Å²) in [6.07, 6.45) is 1.16. The predicted octanol–water partition coefficient (Wildman–Crippen LogP) is 3.95. The molecule has 0 fully saturated rings. The second-order valence-electron chi connectivity index (χ2n) is 7.48. The monoisotopic (exact) mass is 419 g/mol. The standard InChI is InChI=1S/C23H26FN7/c1-15(2)16-5-3-6-18(13-16)29-23(27)28-12-4-7-21-20(14-25)22(26)31(30-21)19-10-8-17(24)9-11-19/h3,5-6,8-11,13,15H,4,7,12,26H2,1-2H3,(H3,27,28,29). The highest BCUT2D eigenvalue weighted by molar-refractivity contribution is 5.92. The Balaban J connectivity index is 1.62. The number of nitrogen functional groups attached to an aromatic ring is 1. The molecule has 31 heavy (non-hydrogen) atoms. The van der Waals surface area contributed by atoms with Crippen molar-refractivity contribution < 1.29 is 4.39 Å². The molecule has 3 rings (SSSR count). The van der Waals surface area contributed by atoms with Gasteiger partial charge in [0.25, 0.3) is 0 Å². The Bertz CT molecular complexity index is 1110. The minimum Gasteiger partial charge on any atom is -0.382 e. The SMILES string of the molecule is CC(C)c1cccc(NC(N)=NCCCc2nn(-c3ccc(F)cc3)c(N)c2C#N)c1. The first-order valence-corrected chi connectivity index (χ1v) is 10.1. The average molecular weight is 420 g/mol. The molecule has 160 valence electrons. The van der Waals surface area contributed by atoms with Crippen LogP contribution in [-0.4, -0.2) is 22.3 Å². The highest BCUT2D eigenvalue weighted by Crippen LogP contribution is 2.22. The molecule has 0 bridgehead atoms. The van der Waals surface area contributed by atoms with Crippen molar-refractivity contribution in [3.05, 3.63) is 71.2 Å². The van der Waals surface area contributed by atoms with E-state index in [1.54, 1.807) is 12.1 Å². The van der Waals surface area contributed by atoms with Crippen LogP contribution in [0.25, 0.3) is 5.69 Å². The van der Waals surface area contributed by atoms with Crippen molar-refractivity contribution >= 4 is 17.5 Å². The normalized spacial score (nSPS) is 11.5. The first-order valence-electron chi connectivity index (χ1n) is 10.1. The number of hydrogen-bond donors (Lipinski definition) is 3. The quantitative estimate of drug-likeness (QED) is 0.304. The molecule has 0 aliphatic rings. The zero-order valence-electron chi connectivity index (χ0n) is 17.6. The van der Waals surface area contributed by atoms with Crippen LogP contribution in [0.3, 0.4) is 0 Å². The van der Waals surface area contributed by atoms with Crippen LogP contribution in [0.1, 0.15) is 43.0 Å². The number of aromatic nitrogens is 2. The summed E-state index contributed by atoms with van der Waals surface area (Å²) < 4.78 is 14.6. The summed E-state index contributed by atoms with van der Waals surface area (Å²) in [6.45, 7) is 4.74. The molecule has 2 aromatic carbocycles. The molecular weight excluding hydrogens is 393 g/mol. The molecule has 0 radical (unpaired) electrons. The van der Waals surface area contributed by atoms with E-state index in [1.807, 2.05) is 12.1 Å². The maximum atomic E-state index is 13.2. The Hall–Kier alpha value is -3.86. The molecule has 5 N–H and O–H groups in total. The number of aliphatic imine (C=N–C) groups is 1. The summed E-state index contributed by atoms with van der Waals surface area (Å²) in [7, 11) is 0. The van der Waals surface area contributed by atoms with Gasteiger partial charge in [-0.25, -0.2) is 9.07 Å². The maximum Gasteiger partial charge on any atom is 0.193 e. The van der Waals surface area contributed by atoms with Crippen molar-refractivity contribution in [1.82, 2.24) is 9.78 Å². The van der Waals surface area contributed by atoms with E-state index in [-0.39, 0.29) is 11.6 Å². The number of halogens is 1. The van der Waals surface area contributed by atoms with E-state index in [4.69, 9.17) is 11.5 Å². The van der Waals surface area contributed by atoms with E-state index >= 15 is 0 Å². The van der Waals surface area contributed by atoms with Gasteiger partial charge in [-0.2, -0.15) is 10.4 Å². The van der Waals surface area contributed by atoms with Gasteiger partial charge in [-0.3, -0.25) is 4.99 Å². The molecule has 0 saturated heterocycles. The van der Waals surface area contributed by atoms with Crippen molar-refractivity contribution in [3.8, 4) is 11.8 Å². The van der Waals surface area contributed by atoms with Gasteiger partial charge in [0.1, 0.15) is 23.3 Å². The Kier molecular flexibility index (Phi) is 6.88. The number of nitrogens with one attached hydrogen (secondary N) is 1. The Morgan fingerprint density at radius 2 is 2.00 bits per heavy atom. The fourth-order valence-electron chi connectivity index (χ4n) is 3.16. The third kappa shape index (κ3) is 5.39. The number of anilines is 2. The van der Waals surface area contributed by atoms with Gasteiger partial charge >= 0.3 is 0 Å². The smallest absolute Gasteiger partial charge is 0.193 e. The zero-order valence-corrected chi connectivity index (χ0v) is 17.6. The number of aryl methyl sites for hydroxylation is 1. The largest absolute Gasteiger partial charge is 0.382 e. The molecule has 0 atom stereocenters. The Morgan fingerprint density at radius 3 is 2.68 bits per heavy atom. The van der Waals surface area contributed by atoms with Crippen LogP contribution in [0.5, 0.6) is 0 Å². The number of benzene rings is 2. The highest BCUT2D eigenvalue weighted by atomic mass is 19.1. The number of nitrogens with zero attached hydrogens (tertiary/aromatic N) is 4. The first-order chi connectivity index (χ1) is 14.9. The van der Waals surface area contributed by atoms with Gasteiger partial charge < -0.3 is 16.8 Å². The Labute approximate surface area is 181 Å². The second kappa shape index (κ2) is 9.76. The fourth-order valence-corrected chi connectivity index (χ4v) is 3.16. The summed E-state index contributed by atoms with van der Waals surface area (Å²) in [5.74, 6) is 0.642. The van der Waals surface area contributed by atoms with Gasteiger partial charge in [0.05, 0.1) is 11.4 Å². The van der Waals surface area contributed by atoms with Gasteiger partial charge in [0.2, 0.25) is 0 Å². The topological polar surface area (TPSA) is 118 Å². The lowest BCUT2D eigenvalue weighted by molar-refractivity contribution is 0.627. The number of guanidine groups is 1. The van der Waals surface area contributed by atoms with Gasteiger partial charge in [-0.05, 0) is 60.7 Å². The summed E-state index contributed by atoms with van der Waals surface area (Å²) in [6, 6.07) is 15.9. The molecule has 0 unspecified atom stereocenters. The van der Waals surface area contributed by atoms with Crippen molar-refractivity contribution in [2.75, 3.05) is 17.6 Å². The van der Waals surface area contributed by atoms with Crippen molar-refractivity contribution in [2.45, 2.75) is 32.6 Å². The number of nitrogens with two attached hydrogens (primary N) is 2. The minimum absolute atomic E-state index is 0.235. The molecule has 7 nitrogen and oxygen atoms in total. The van der Waals surface area contributed by atoms with E-state index < -0.39 is 0 Å². The third-order valence-electron chi connectivity index (χ3n) is 4.86. The zero-order chi connectivity index (χ0) is 22.4. The lowest BCUT2D eigenvalue weighted by Gasteiger charge is -2.09. The molecule has 0 aliphatic carbocycles. The van der Waals surface area contributed by atoms with Crippen molar-refractivity contribution in [1.29, 1.82) is 5.26 Å². The Morgan fingerprint density at radius 1 is 1.26 bits per heavy atom. The van der Waals surface area contributed by atoms with E-state index in [0.717, 1.165) is 5.69 Å². The van der Waals surface area contributed by atoms with Crippen molar-refractivity contribution in [3.63, 3.8) is 0 Å². The molecule has 0 aliphatic heterocycles. The van der Waals surface area contributed by atoms with Crippen LogP contribution in [0.15, 0.2) is 53.5 Å². The third-order valence-corrected chi connectivity index (χ3v) is 4.86. The number of rotatable bonds is 7. The summed E-state index contributed by atoms with van der Waals surface area (Å²) in [5.41, 5.74) is 15.7. The highest BCUT2D eigenvalue weighted by Gasteiger charge is 2.16. The molecular formula is C23H26FN7. The van der Waals surface area contributed by atoms with Gasteiger partial charge in [-0.1, -0.05) is 26.0 Å². The summed E-state index contributed by atoms with van der Waals surface area (Å²) >= 11 is 0. The van der Waals surface area contributed by atoms with E-state index in [1.165, 1.54) is 22.4 Å². The van der Waals surface area contributed by atoms with Gasteiger partial charge in [-0.15, -0.1) is 0 Å². The van der Waals surface area contributed by atoms with Crippen LogP contribution in [0, 0.1) is 17.1 Å². The maximum absolute atomic E-state index is 13.2. The van der Waals surface area contributed by atoms with E-state index in [2.05, 4.69) is 47.5 Å². The molecule has 1 heterocycles.